The molecule has 1 heterocycles. The molecule has 0 spiro atoms. The van der Waals surface area contributed by atoms with Crippen LogP contribution in [0.2, 0.25) is 5.15 Å². The number of nitrogen functional groups attached to an aromatic ring is 1. The molecular weight excluding hydrogens is 277 g/mol. The van der Waals surface area contributed by atoms with Crippen molar-refractivity contribution in [1.82, 2.24) is 10.3 Å². The second-order valence-corrected chi connectivity index (χ2v) is 4.83. The Hall–Kier alpha value is -1.66. The zero-order chi connectivity index (χ0) is 13.1. The summed E-state index contributed by atoms with van der Waals surface area (Å²) < 4.78 is 13.3. The summed E-state index contributed by atoms with van der Waals surface area (Å²) in [5, 5.41) is 2.84. The number of benzene rings is 1. The minimum absolute atomic E-state index is 0.0588. The summed E-state index contributed by atoms with van der Waals surface area (Å²) in [6.45, 7) is 0.0830. The summed E-state index contributed by atoms with van der Waals surface area (Å²) in [6, 6.07) is 6.21. The normalized spacial score (nSPS) is 10.3. The molecule has 0 aliphatic rings. The molecule has 1 amide bonds. The number of aromatic nitrogens is 1. The lowest BCUT2D eigenvalue weighted by molar-refractivity contribution is 0.0954. The maximum atomic E-state index is 13.3. The first-order chi connectivity index (χ1) is 8.58. The fourth-order valence-corrected chi connectivity index (χ4v) is 2.34. The summed E-state index contributed by atoms with van der Waals surface area (Å²) in [7, 11) is 0. The van der Waals surface area contributed by atoms with Crippen molar-refractivity contribution in [3.63, 3.8) is 0 Å². The minimum Gasteiger partial charge on any atom is -0.375 e. The van der Waals surface area contributed by atoms with Crippen molar-refractivity contribution in [3.05, 3.63) is 45.7 Å². The Morgan fingerprint density at radius 1 is 1.50 bits per heavy atom. The molecule has 94 valence electrons. The van der Waals surface area contributed by atoms with Crippen LogP contribution in [0.25, 0.3) is 0 Å². The molecule has 0 saturated carbocycles. The molecule has 0 unspecified atom stereocenters. The molecule has 3 N–H and O–H groups in total. The fourth-order valence-electron chi connectivity index (χ4n) is 1.35. The predicted octanol–water partition coefficient (Wildman–Crippen LogP) is 2.45. The summed E-state index contributed by atoms with van der Waals surface area (Å²) in [6.07, 6.45) is 0. The van der Waals surface area contributed by atoms with Crippen LogP contribution in [0.4, 0.5) is 9.52 Å². The molecule has 0 fully saturated rings. The number of carbonyl (C=O) groups is 1. The van der Waals surface area contributed by atoms with Crippen LogP contribution in [-0.2, 0) is 6.54 Å². The van der Waals surface area contributed by atoms with E-state index in [-0.39, 0.29) is 27.5 Å². The highest BCUT2D eigenvalue weighted by molar-refractivity contribution is 7.17. The second-order valence-electron chi connectivity index (χ2n) is 3.45. The van der Waals surface area contributed by atoms with Gasteiger partial charge >= 0.3 is 0 Å². The van der Waals surface area contributed by atoms with Crippen molar-refractivity contribution in [2.75, 3.05) is 5.73 Å². The van der Waals surface area contributed by atoms with Gasteiger partial charge in [0.2, 0.25) is 0 Å². The lowest BCUT2D eigenvalue weighted by Crippen LogP contribution is -2.22. The van der Waals surface area contributed by atoms with Crippen LogP contribution >= 0.6 is 22.9 Å². The average molecular weight is 286 g/mol. The van der Waals surface area contributed by atoms with Gasteiger partial charge in [-0.05, 0) is 6.07 Å². The zero-order valence-electron chi connectivity index (χ0n) is 9.11. The van der Waals surface area contributed by atoms with Gasteiger partial charge in [0.15, 0.2) is 10.3 Å². The third-order valence-electron chi connectivity index (χ3n) is 2.21. The number of hydrogen-bond donors (Lipinski definition) is 2. The SMILES string of the molecule is Nc1nc(Cl)c(C(=O)NCc2ccccc2F)s1. The first-order valence-corrected chi connectivity index (χ1v) is 6.21. The van der Waals surface area contributed by atoms with E-state index in [1.165, 1.54) is 6.07 Å². The van der Waals surface area contributed by atoms with E-state index in [4.69, 9.17) is 17.3 Å². The van der Waals surface area contributed by atoms with Crippen LogP contribution < -0.4 is 11.1 Å². The maximum absolute atomic E-state index is 13.3. The van der Waals surface area contributed by atoms with E-state index in [1.54, 1.807) is 18.2 Å². The predicted molar refractivity (Wildman–Crippen MR) is 69.1 cm³/mol. The largest absolute Gasteiger partial charge is 0.375 e. The number of carbonyl (C=O) groups excluding carboxylic acids is 1. The van der Waals surface area contributed by atoms with E-state index >= 15 is 0 Å². The van der Waals surface area contributed by atoms with Crippen LogP contribution in [-0.4, -0.2) is 10.9 Å². The fraction of sp³-hybridized carbons (Fsp3) is 0.0909. The number of hydrogen-bond acceptors (Lipinski definition) is 4. The Bertz CT molecular complexity index is 587. The second kappa shape index (κ2) is 5.32. The van der Waals surface area contributed by atoms with Crippen molar-refractivity contribution in [2.45, 2.75) is 6.54 Å². The van der Waals surface area contributed by atoms with Crippen LogP contribution in [0.15, 0.2) is 24.3 Å². The molecule has 0 saturated heterocycles. The topological polar surface area (TPSA) is 68.0 Å². The molecule has 0 atom stereocenters. The van der Waals surface area contributed by atoms with Gasteiger partial charge in [-0.2, -0.15) is 0 Å². The lowest BCUT2D eigenvalue weighted by Gasteiger charge is -2.04. The van der Waals surface area contributed by atoms with Crippen molar-refractivity contribution in [1.29, 1.82) is 0 Å². The lowest BCUT2D eigenvalue weighted by atomic mass is 10.2. The van der Waals surface area contributed by atoms with E-state index in [2.05, 4.69) is 10.3 Å². The number of anilines is 1. The number of nitrogens with one attached hydrogen (secondary N) is 1. The highest BCUT2D eigenvalue weighted by Crippen LogP contribution is 2.24. The van der Waals surface area contributed by atoms with Crippen LogP contribution in [0.5, 0.6) is 0 Å². The number of nitrogens with zero attached hydrogens (tertiary/aromatic N) is 1. The Balaban J connectivity index is 2.05. The highest BCUT2D eigenvalue weighted by atomic mass is 35.5. The third-order valence-corrected chi connectivity index (χ3v) is 3.47. The van der Waals surface area contributed by atoms with Gasteiger partial charge in [0, 0.05) is 12.1 Å². The van der Waals surface area contributed by atoms with E-state index in [0.717, 1.165) is 11.3 Å². The first kappa shape index (κ1) is 12.8. The van der Waals surface area contributed by atoms with E-state index < -0.39 is 5.91 Å². The molecule has 0 bridgehead atoms. The summed E-state index contributed by atoms with van der Waals surface area (Å²) in [5.41, 5.74) is 5.83. The summed E-state index contributed by atoms with van der Waals surface area (Å²) in [4.78, 5) is 15.7. The van der Waals surface area contributed by atoms with E-state index in [1.807, 2.05) is 0 Å². The molecule has 7 heteroatoms. The van der Waals surface area contributed by atoms with Gasteiger partial charge in [-0.3, -0.25) is 4.79 Å². The Labute approximate surface area is 112 Å². The molecule has 1 aromatic heterocycles. The van der Waals surface area contributed by atoms with Crippen LogP contribution in [0, 0.1) is 5.82 Å². The molecule has 4 nitrogen and oxygen atoms in total. The summed E-state index contributed by atoms with van der Waals surface area (Å²) in [5.74, 6) is -0.787. The molecular formula is C11H9ClFN3OS. The molecule has 2 rings (SSSR count). The highest BCUT2D eigenvalue weighted by Gasteiger charge is 2.15. The van der Waals surface area contributed by atoms with Gasteiger partial charge in [-0.25, -0.2) is 9.37 Å². The van der Waals surface area contributed by atoms with E-state index in [0.29, 0.717) is 5.56 Å². The first-order valence-electron chi connectivity index (χ1n) is 5.01. The molecule has 0 aliphatic carbocycles. The van der Waals surface area contributed by atoms with Crippen LogP contribution in [0.3, 0.4) is 0 Å². The van der Waals surface area contributed by atoms with Gasteiger partial charge in [0.25, 0.3) is 5.91 Å². The van der Waals surface area contributed by atoms with Gasteiger partial charge in [0.05, 0.1) is 0 Å². The van der Waals surface area contributed by atoms with Gasteiger partial charge < -0.3 is 11.1 Å². The Morgan fingerprint density at radius 2 is 2.22 bits per heavy atom. The average Bonchev–Trinajstić information content (AvgIpc) is 2.67. The van der Waals surface area contributed by atoms with Crippen molar-refractivity contribution >= 4 is 34.0 Å². The number of thiazole rings is 1. The minimum atomic E-state index is -0.419. The monoisotopic (exact) mass is 285 g/mol. The molecule has 0 aliphatic heterocycles. The quantitative estimate of drug-likeness (QED) is 0.910. The van der Waals surface area contributed by atoms with Crippen molar-refractivity contribution < 1.29 is 9.18 Å². The van der Waals surface area contributed by atoms with Gasteiger partial charge in [0.1, 0.15) is 10.7 Å². The van der Waals surface area contributed by atoms with Gasteiger partial charge in [-0.1, -0.05) is 41.1 Å². The summed E-state index contributed by atoms with van der Waals surface area (Å²) >= 11 is 6.73. The maximum Gasteiger partial charge on any atom is 0.264 e. The third kappa shape index (κ3) is 2.77. The number of nitrogens with two attached hydrogens (primary N) is 1. The number of rotatable bonds is 3. The molecule has 0 radical (unpaired) electrons. The standard InChI is InChI=1S/C11H9ClFN3OS/c12-9-8(18-11(14)16-9)10(17)15-5-6-3-1-2-4-7(6)13/h1-4H,5H2,(H2,14,16)(H,15,17). The number of halogens is 2. The molecule has 18 heavy (non-hydrogen) atoms. The smallest absolute Gasteiger partial charge is 0.264 e. The van der Waals surface area contributed by atoms with Crippen LogP contribution in [0.1, 0.15) is 15.2 Å². The Morgan fingerprint density at radius 3 is 2.83 bits per heavy atom. The number of amides is 1. The van der Waals surface area contributed by atoms with Crippen molar-refractivity contribution in [2.24, 2.45) is 0 Å². The van der Waals surface area contributed by atoms with Crippen molar-refractivity contribution in [3.8, 4) is 0 Å². The zero-order valence-corrected chi connectivity index (χ0v) is 10.7. The van der Waals surface area contributed by atoms with Gasteiger partial charge in [-0.15, -0.1) is 0 Å². The Kier molecular flexibility index (Phi) is 3.78. The molecule has 2 aromatic rings. The van der Waals surface area contributed by atoms with E-state index in [9.17, 15) is 9.18 Å². The molecule has 1 aromatic carbocycles.